The van der Waals surface area contributed by atoms with Gasteiger partial charge in [-0.05, 0) is 24.0 Å². The number of β-lactam (4-membered cyclic amide) rings is 1. The van der Waals surface area contributed by atoms with E-state index in [2.05, 4.69) is 13.8 Å². The van der Waals surface area contributed by atoms with Gasteiger partial charge in [0.15, 0.2) is 5.60 Å². The Morgan fingerprint density at radius 1 is 1.03 bits per heavy atom. The summed E-state index contributed by atoms with van der Waals surface area (Å²) in [7, 11) is 0. The number of ether oxygens (including phenoxy) is 2. The molecule has 2 aliphatic heterocycles. The van der Waals surface area contributed by atoms with Crippen LogP contribution in [0.2, 0.25) is 0 Å². The Balaban J connectivity index is 1.50. The Hall–Kier alpha value is -2.86. The van der Waals surface area contributed by atoms with Gasteiger partial charge in [0.25, 0.3) is 5.91 Å². The van der Waals surface area contributed by atoms with Gasteiger partial charge in [-0.2, -0.15) is 0 Å². The van der Waals surface area contributed by atoms with Crippen molar-refractivity contribution >= 4 is 12.0 Å². The Morgan fingerprint density at radius 2 is 1.60 bits per heavy atom. The van der Waals surface area contributed by atoms with E-state index < -0.39 is 17.9 Å². The third-order valence-corrected chi connectivity index (χ3v) is 6.04. The number of amides is 2. The van der Waals surface area contributed by atoms with Crippen molar-refractivity contribution in [1.82, 2.24) is 9.80 Å². The van der Waals surface area contributed by atoms with Crippen LogP contribution in [-0.2, 0) is 27.5 Å². The van der Waals surface area contributed by atoms with Crippen molar-refractivity contribution in [2.24, 2.45) is 5.92 Å². The smallest absolute Gasteiger partial charge is 0.411 e. The highest BCUT2D eigenvalue weighted by Crippen LogP contribution is 2.45. The summed E-state index contributed by atoms with van der Waals surface area (Å²) in [5, 5.41) is 0. The number of hydrogen-bond acceptors (Lipinski definition) is 4. The number of fused-ring (bicyclic) bond motifs is 1. The summed E-state index contributed by atoms with van der Waals surface area (Å²) in [4.78, 5) is 29.5. The minimum Gasteiger partial charge on any atom is -0.444 e. The van der Waals surface area contributed by atoms with Gasteiger partial charge in [0.2, 0.25) is 0 Å². The number of hydrogen-bond donors (Lipinski definition) is 0. The van der Waals surface area contributed by atoms with Crippen LogP contribution >= 0.6 is 0 Å². The van der Waals surface area contributed by atoms with Gasteiger partial charge in [-0.3, -0.25) is 9.69 Å². The summed E-state index contributed by atoms with van der Waals surface area (Å²) in [5.74, 6) is 0.155. The Labute approximate surface area is 177 Å². The summed E-state index contributed by atoms with van der Waals surface area (Å²) in [6.45, 7) is 6.87. The first-order valence-electron chi connectivity index (χ1n) is 10.4. The van der Waals surface area contributed by atoms with E-state index in [1.54, 1.807) is 16.7 Å². The molecule has 2 heterocycles. The molecule has 30 heavy (non-hydrogen) atoms. The van der Waals surface area contributed by atoms with Crippen LogP contribution in [0.1, 0.15) is 31.9 Å². The minimum absolute atomic E-state index is 0.0415. The molecule has 2 amide bonds. The molecule has 3 atom stereocenters. The molecule has 0 radical (unpaired) electrons. The van der Waals surface area contributed by atoms with Gasteiger partial charge < -0.3 is 14.4 Å². The van der Waals surface area contributed by atoms with E-state index in [1.807, 2.05) is 60.7 Å². The zero-order chi connectivity index (χ0) is 21.3. The highest BCUT2D eigenvalue weighted by atomic mass is 16.6. The molecule has 6 heteroatoms. The first-order valence-corrected chi connectivity index (χ1v) is 10.4. The molecule has 158 valence electrons. The van der Waals surface area contributed by atoms with Gasteiger partial charge in [0, 0.05) is 6.54 Å². The molecule has 2 aromatic carbocycles. The fourth-order valence-electron chi connectivity index (χ4n) is 4.30. The van der Waals surface area contributed by atoms with Crippen LogP contribution in [0.5, 0.6) is 0 Å². The molecular formula is C24H28N2O4. The molecule has 2 aliphatic rings. The molecule has 0 spiro atoms. The summed E-state index contributed by atoms with van der Waals surface area (Å²) >= 11 is 0. The van der Waals surface area contributed by atoms with E-state index in [-0.39, 0.29) is 24.5 Å². The molecule has 0 N–H and O–H groups in total. The van der Waals surface area contributed by atoms with Crippen molar-refractivity contribution in [3.8, 4) is 0 Å². The highest BCUT2D eigenvalue weighted by Gasteiger charge is 2.68. The second-order valence-electron chi connectivity index (χ2n) is 8.47. The summed E-state index contributed by atoms with van der Waals surface area (Å²) in [6.07, 6.45) is -0.872. The molecule has 2 fully saturated rings. The van der Waals surface area contributed by atoms with Crippen molar-refractivity contribution in [2.75, 3.05) is 6.54 Å². The fraction of sp³-hybridized carbons (Fsp3) is 0.417. The molecule has 6 nitrogen and oxygen atoms in total. The number of nitrogens with zero attached hydrogens (tertiary/aromatic N) is 2. The van der Waals surface area contributed by atoms with Crippen LogP contribution in [0.3, 0.4) is 0 Å². The largest absolute Gasteiger partial charge is 0.444 e. The summed E-state index contributed by atoms with van der Waals surface area (Å²) < 4.78 is 11.7. The lowest BCUT2D eigenvalue weighted by molar-refractivity contribution is -0.214. The van der Waals surface area contributed by atoms with Crippen molar-refractivity contribution < 1.29 is 19.1 Å². The average molecular weight is 408 g/mol. The fourth-order valence-corrected chi connectivity index (χ4v) is 4.30. The van der Waals surface area contributed by atoms with Crippen molar-refractivity contribution in [3.63, 3.8) is 0 Å². The van der Waals surface area contributed by atoms with Gasteiger partial charge >= 0.3 is 6.09 Å². The average Bonchev–Trinajstić information content (AvgIpc) is 3.16. The van der Waals surface area contributed by atoms with Gasteiger partial charge in [0.1, 0.15) is 12.8 Å². The maximum absolute atomic E-state index is 13.1. The second-order valence-corrected chi connectivity index (χ2v) is 8.47. The van der Waals surface area contributed by atoms with E-state index in [1.165, 1.54) is 0 Å². The Kier molecular flexibility index (Phi) is 5.52. The second kappa shape index (κ2) is 8.11. The Morgan fingerprint density at radius 3 is 2.17 bits per heavy atom. The van der Waals surface area contributed by atoms with Crippen LogP contribution in [-0.4, -0.2) is 46.2 Å². The number of benzene rings is 2. The molecule has 3 unspecified atom stereocenters. The van der Waals surface area contributed by atoms with Gasteiger partial charge in [-0.15, -0.1) is 0 Å². The predicted octanol–water partition coefficient (Wildman–Crippen LogP) is 3.81. The van der Waals surface area contributed by atoms with E-state index in [4.69, 9.17) is 9.47 Å². The third-order valence-electron chi connectivity index (χ3n) is 6.04. The zero-order valence-corrected chi connectivity index (χ0v) is 17.7. The lowest BCUT2D eigenvalue weighted by Gasteiger charge is -2.53. The SMILES string of the molecule is CC(C)C1CN(C(=O)OCc2ccccc2)C2N1C(=O)C2(C)OCc1ccccc1. The van der Waals surface area contributed by atoms with Crippen LogP contribution in [0.25, 0.3) is 0 Å². The summed E-state index contributed by atoms with van der Waals surface area (Å²) in [5.41, 5.74) is 0.835. The van der Waals surface area contributed by atoms with Crippen molar-refractivity contribution in [3.05, 3.63) is 71.8 Å². The monoisotopic (exact) mass is 408 g/mol. The van der Waals surface area contributed by atoms with Crippen LogP contribution in [0.15, 0.2) is 60.7 Å². The number of rotatable bonds is 6. The quantitative estimate of drug-likeness (QED) is 0.682. The molecule has 0 aromatic heterocycles. The number of carbonyl (C=O) groups is 2. The van der Waals surface area contributed by atoms with Crippen LogP contribution in [0.4, 0.5) is 4.79 Å². The Bertz CT molecular complexity index is 902. The van der Waals surface area contributed by atoms with Crippen LogP contribution < -0.4 is 0 Å². The van der Waals surface area contributed by atoms with Gasteiger partial charge in [0.05, 0.1) is 12.6 Å². The molecule has 0 saturated carbocycles. The molecule has 4 rings (SSSR count). The van der Waals surface area contributed by atoms with E-state index in [9.17, 15) is 9.59 Å². The normalized spacial score (nSPS) is 25.3. The lowest BCUT2D eigenvalue weighted by Crippen LogP contribution is -2.76. The minimum atomic E-state index is -1.08. The van der Waals surface area contributed by atoms with Crippen molar-refractivity contribution in [1.29, 1.82) is 0 Å². The van der Waals surface area contributed by atoms with Crippen molar-refractivity contribution in [2.45, 2.75) is 51.8 Å². The van der Waals surface area contributed by atoms with E-state index in [0.29, 0.717) is 13.2 Å². The molecule has 2 saturated heterocycles. The van der Waals surface area contributed by atoms with Crippen LogP contribution in [0, 0.1) is 5.92 Å². The molecular weight excluding hydrogens is 380 g/mol. The maximum Gasteiger partial charge on any atom is 0.411 e. The lowest BCUT2D eigenvalue weighted by atomic mass is 9.87. The van der Waals surface area contributed by atoms with E-state index >= 15 is 0 Å². The first-order chi connectivity index (χ1) is 14.4. The first kappa shape index (κ1) is 20.4. The third kappa shape index (κ3) is 3.56. The van der Waals surface area contributed by atoms with Gasteiger partial charge in [-0.1, -0.05) is 74.5 Å². The standard InChI is InChI=1S/C24H28N2O4/c1-17(2)20-14-25(23(28)29-15-18-10-6-4-7-11-18)21-24(3,22(27)26(20)21)30-16-19-12-8-5-9-13-19/h4-13,17,20-21H,14-16H2,1-3H3. The zero-order valence-electron chi connectivity index (χ0n) is 17.7. The molecule has 0 aliphatic carbocycles. The predicted molar refractivity (Wildman–Crippen MR) is 112 cm³/mol. The summed E-state index contributed by atoms with van der Waals surface area (Å²) in [6, 6.07) is 19.3. The molecule has 0 bridgehead atoms. The van der Waals surface area contributed by atoms with E-state index in [0.717, 1.165) is 11.1 Å². The number of carbonyl (C=O) groups excluding carboxylic acids is 2. The topological polar surface area (TPSA) is 59.1 Å². The van der Waals surface area contributed by atoms with Gasteiger partial charge in [-0.25, -0.2) is 4.79 Å². The molecule has 2 aromatic rings. The maximum atomic E-state index is 13.1. The highest BCUT2D eigenvalue weighted by molar-refractivity contribution is 5.95.